The largest absolute Gasteiger partial charge is 0.494 e. The molecule has 6 heteroatoms. The van der Waals surface area contributed by atoms with Crippen molar-refractivity contribution >= 4 is 11.7 Å². The topological polar surface area (TPSA) is 73.9 Å². The zero-order valence-corrected chi connectivity index (χ0v) is 14.6. The fourth-order valence-electron chi connectivity index (χ4n) is 2.55. The molecular weight excluding hydrogens is 334 g/mol. The number of ketones is 1. The molecule has 0 aliphatic carbocycles. The molecule has 0 saturated heterocycles. The summed E-state index contributed by atoms with van der Waals surface area (Å²) in [6.45, 7) is 2.65. The molecule has 0 radical (unpaired) electrons. The minimum absolute atomic E-state index is 0.0238. The molecule has 1 heterocycles. The first-order chi connectivity index (χ1) is 12.6. The van der Waals surface area contributed by atoms with E-state index in [1.54, 1.807) is 24.3 Å². The predicted molar refractivity (Wildman–Crippen MR) is 95.6 cm³/mol. The van der Waals surface area contributed by atoms with Gasteiger partial charge in [0.1, 0.15) is 5.75 Å². The van der Waals surface area contributed by atoms with Gasteiger partial charge in [-0.25, -0.2) is 0 Å². The molecule has 3 rings (SSSR count). The second-order valence-electron chi connectivity index (χ2n) is 6.00. The number of carbonyl (C=O) groups is 2. The molecule has 0 bridgehead atoms. The van der Waals surface area contributed by atoms with Gasteiger partial charge in [0.05, 0.1) is 6.61 Å². The van der Waals surface area contributed by atoms with Gasteiger partial charge in [-0.15, -0.1) is 0 Å². The highest BCUT2D eigenvalue weighted by molar-refractivity contribution is 5.94. The van der Waals surface area contributed by atoms with Crippen LogP contribution in [-0.2, 0) is 11.3 Å². The first kappa shape index (κ1) is 17.8. The van der Waals surface area contributed by atoms with E-state index in [0.29, 0.717) is 43.1 Å². The highest BCUT2D eigenvalue weighted by Crippen LogP contribution is 2.32. The van der Waals surface area contributed by atoms with Crippen molar-refractivity contribution in [3.8, 4) is 17.2 Å². The molecule has 0 spiro atoms. The number of benzene rings is 2. The molecule has 2 aromatic rings. The van der Waals surface area contributed by atoms with Crippen molar-refractivity contribution in [3.63, 3.8) is 0 Å². The lowest BCUT2D eigenvalue weighted by atomic mass is 10.1. The lowest BCUT2D eigenvalue weighted by molar-refractivity contribution is -0.121. The van der Waals surface area contributed by atoms with Crippen LogP contribution in [0.2, 0.25) is 0 Å². The average molecular weight is 355 g/mol. The van der Waals surface area contributed by atoms with E-state index < -0.39 is 0 Å². The van der Waals surface area contributed by atoms with Gasteiger partial charge in [0, 0.05) is 18.5 Å². The van der Waals surface area contributed by atoms with Gasteiger partial charge in [-0.3, -0.25) is 9.59 Å². The number of fused-ring (bicyclic) bond motifs is 1. The van der Waals surface area contributed by atoms with Crippen molar-refractivity contribution in [1.29, 1.82) is 0 Å². The van der Waals surface area contributed by atoms with Crippen LogP contribution in [0.25, 0.3) is 0 Å². The van der Waals surface area contributed by atoms with Gasteiger partial charge in [0.15, 0.2) is 17.3 Å². The molecule has 0 saturated carbocycles. The Hall–Kier alpha value is -3.02. The van der Waals surface area contributed by atoms with Gasteiger partial charge < -0.3 is 19.5 Å². The maximum Gasteiger partial charge on any atom is 0.231 e. The first-order valence-electron chi connectivity index (χ1n) is 8.51. The summed E-state index contributed by atoms with van der Waals surface area (Å²) in [4.78, 5) is 23.1. The normalized spacial score (nSPS) is 11.9. The summed E-state index contributed by atoms with van der Waals surface area (Å²) in [6, 6.07) is 12.6. The van der Waals surface area contributed by atoms with Crippen molar-refractivity contribution in [2.45, 2.75) is 26.3 Å². The third kappa shape index (κ3) is 4.75. The van der Waals surface area contributed by atoms with Crippen LogP contribution in [0.1, 0.15) is 35.7 Å². The number of Topliss-reactive ketones (excluding diaryl/α,β-unsaturated/α-hetero) is 1. The zero-order chi connectivity index (χ0) is 18.4. The number of carbonyl (C=O) groups excluding carboxylic acids is 2. The molecule has 6 nitrogen and oxygen atoms in total. The molecule has 0 aromatic heterocycles. The highest BCUT2D eigenvalue weighted by Gasteiger charge is 2.13. The van der Waals surface area contributed by atoms with Crippen molar-refractivity contribution < 1.29 is 23.8 Å². The van der Waals surface area contributed by atoms with Gasteiger partial charge in [0.25, 0.3) is 0 Å². The van der Waals surface area contributed by atoms with Crippen molar-refractivity contribution in [2.75, 3.05) is 13.4 Å². The highest BCUT2D eigenvalue weighted by atomic mass is 16.7. The van der Waals surface area contributed by atoms with E-state index in [-0.39, 0.29) is 18.5 Å². The Morgan fingerprint density at radius 1 is 1.08 bits per heavy atom. The summed E-state index contributed by atoms with van der Waals surface area (Å²) in [5.74, 6) is 2.12. The number of hydrogen-bond donors (Lipinski definition) is 1. The van der Waals surface area contributed by atoms with Crippen molar-refractivity contribution in [2.24, 2.45) is 0 Å². The standard InChI is InChI=1S/C20H21NO5/c1-14(22)16-5-7-17(8-6-16)24-10-2-3-20(23)21-12-15-4-9-18-19(11-15)26-13-25-18/h4-9,11H,2-3,10,12-13H2,1H3,(H,21,23). The lowest BCUT2D eigenvalue weighted by Crippen LogP contribution is -2.22. The van der Waals surface area contributed by atoms with E-state index in [1.165, 1.54) is 6.92 Å². The Morgan fingerprint density at radius 3 is 2.62 bits per heavy atom. The molecule has 0 unspecified atom stereocenters. The second-order valence-corrected chi connectivity index (χ2v) is 6.00. The summed E-state index contributed by atoms with van der Waals surface area (Å²) in [5.41, 5.74) is 1.62. The lowest BCUT2D eigenvalue weighted by Gasteiger charge is -2.08. The van der Waals surface area contributed by atoms with Crippen LogP contribution >= 0.6 is 0 Å². The van der Waals surface area contributed by atoms with Crippen LogP contribution in [-0.4, -0.2) is 25.1 Å². The molecule has 0 fully saturated rings. The Bertz CT molecular complexity index is 785. The molecule has 1 amide bonds. The maximum atomic E-state index is 11.9. The number of ether oxygens (including phenoxy) is 3. The van der Waals surface area contributed by atoms with Crippen molar-refractivity contribution in [3.05, 3.63) is 53.6 Å². The number of amides is 1. The fourth-order valence-corrected chi connectivity index (χ4v) is 2.55. The Morgan fingerprint density at radius 2 is 1.85 bits per heavy atom. The maximum absolute atomic E-state index is 11.9. The molecule has 26 heavy (non-hydrogen) atoms. The van der Waals surface area contributed by atoms with E-state index in [9.17, 15) is 9.59 Å². The number of hydrogen-bond acceptors (Lipinski definition) is 5. The van der Waals surface area contributed by atoms with Crippen LogP contribution in [0.15, 0.2) is 42.5 Å². The number of rotatable bonds is 8. The second kappa shape index (κ2) is 8.38. The third-order valence-corrected chi connectivity index (χ3v) is 4.00. The minimum atomic E-state index is -0.0294. The van der Waals surface area contributed by atoms with E-state index in [2.05, 4.69) is 5.32 Å². The van der Waals surface area contributed by atoms with Gasteiger partial charge in [-0.1, -0.05) is 6.07 Å². The number of nitrogens with one attached hydrogen (secondary N) is 1. The molecule has 1 N–H and O–H groups in total. The molecule has 2 aromatic carbocycles. The summed E-state index contributed by atoms with van der Waals surface area (Å²) in [6.07, 6.45) is 0.998. The summed E-state index contributed by atoms with van der Waals surface area (Å²) >= 11 is 0. The van der Waals surface area contributed by atoms with Crippen LogP contribution in [0, 0.1) is 0 Å². The van der Waals surface area contributed by atoms with Crippen LogP contribution in [0.5, 0.6) is 17.2 Å². The Kier molecular flexibility index (Phi) is 5.73. The van der Waals surface area contributed by atoms with Gasteiger partial charge in [0.2, 0.25) is 12.7 Å². The van der Waals surface area contributed by atoms with E-state index in [1.807, 2.05) is 18.2 Å². The van der Waals surface area contributed by atoms with Crippen LogP contribution in [0.4, 0.5) is 0 Å². The fraction of sp³-hybridized carbons (Fsp3) is 0.300. The first-order valence-corrected chi connectivity index (χ1v) is 8.51. The summed E-state index contributed by atoms with van der Waals surface area (Å²) in [5, 5.41) is 2.88. The smallest absolute Gasteiger partial charge is 0.231 e. The molecule has 1 aliphatic rings. The van der Waals surface area contributed by atoms with Gasteiger partial charge in [-0.2, -0.15) is 0 Å². The van der Waals surface area contributed by atoms with Crippen LogP contribution in [0.3, 0.4) is 0 Å². The molecule has 0 atom stereocenters. The van der Waals surface area contributed by atoms with Crippen LogP contribution < -0.4 is 19.5 Å². The van der Waals surface area contributed by atoms with Crippen molar-refractivity contribution in [1.82, 2.24) is 5.32 Å². The quantitative estimate of drug-likeness (QED) is 0.582. The van der Waals surface area contributed by atoms with Gasteiger partial charge in [-0.05, 0) is 55.3 Å². The Balaban J connectivity index is 1.34. The zero-order valence-electron chi connectivity index (χ0n) is 14.6. The Labute approximate surface area is 152 Å². The third-order valence-electron chi connectivity index (χ3n) is 4.00. The minimum Gasteiger partial charge on any atom is -0.494 e. The average Bonchev–Trinajstić information content (AvgIpc) is 3.11. The monoisotopic (exact) mass is 355 g/mol. The van der Waals surface area contributed by atoms with Gasteiger partial charge >= 0.3 is 0 Å². The van der Waals surface area contributed by atoms with E-state index in [0.717, 1.165) is 11.3 Å². The summed E-state index contributed by atoms with van der Waals surface area (Å²) in [7, 11) is 0. The summed E-state index contributed by atoms with van der Waals surface area (Å²) < 4.78 is 16.2. The predicted octanol–water partition coefficient (Wildman–Crippen LogP) is 3.09. The SMILES string of the molecule is CC(=O)c1ccc(OCCCC(=O)NCc2ccc3c(c2)OCO3)cc1. The van der Waals surface area contributed by atoms with E-state index in [4.69, 9.17) is 14.2 Å². The van der Waals surface area contributed by atoms with E-state index >= 15 is 0 Å². The molecule has 1 aliphatic heterocycles. The molecular formula is C20H21NO5. The molecule has 136 valence electrons.